The number of hydrogen-bond acceptors (Lipinski definition) is 4. The fourth-order valence-corrected chi connectivity index (χ4v) is 3.35. The molecule has 1 N–H and O–H groups in total. The summed E-state index contributed by atoms with van der Waals surface area (Å²) in [4.78, 5) is 26.0. The number of nitrogens with one attached hydrogen (secondary N) is 1. The normalized spacial score (nSPS) is 18.0. The lowest BCUT2D eigenvalue weighted by Gasteiger charge is -2.24. The summed E-state index contributed by atoms with van der Waals surface area (Å²) in [5.74, 6) is 0.624. The molecule has 2 aliphatic rings. The summed E-state index contributed by atoms with van der Waals surface area (Å²) in [6.45, 7) is 1.90. The Balaban J connectivity index is 1.51. The summed E-state index contributed by atoms with van der Waals surface area (Å²) in [6, 6.07) is 13.2. The molecule has 0 unspecified atom stereocenters. The Bertz CT molecular complexity index is 849. The van der Waals surface area contributed by atoms with E-state index in [4.69, 9.17) is 9.47 Å². The van der Waals surface area contributed by atoms with E-state index >= 15 is 0 Å². The first-order chi connectivity index (χ1) is 12.1. The van der Waals surface area contributed by atoms with Crippen LogP contribution in [0.2, 0.25) is 0 Å². The molecule has 25 heavy (non-hydrogen) atoms. The van der Waals surface area contributed by atoms with Gasteiger partial charge in [-0.05, 0) is 37.1 Å². The van der Waals surface area contributed by atoms with Crippen LogP contribution in [0.3, 0.4) is 0 Å². The van der Waals surface area contributed by atoms with Gasteiger partial charge in [0.05, 0.1) is 0 Å². The van der Waals surface area contributed by atoms with Crippen molar-refractivity contribution in [2.24, 2.45) is 0 Å². The standard InChI is InChI=1S/C19H18N2O4/c1-12-9-13-5-2-3-6-14(13)21(12)18(23)11-25-16-8-4-7-15-19(16)20-17(22)10-24-15/h2-8,12H,9-11H2,1H3,(H,20,22)/t12-/m1/s1. The van der Waals surface area contributed by atoms with Gasteiger partial charge in [0.15, 0.2) is 13.2 Å². The lowest BCUT2D eigenvalue weighted by molar-refractivity contribution is -0.120. The number of hydrogen-bond donors (Lipinski definition) is 1. The van der Waals surface area contributed by atoms with Crippen LogP contribution in [0.25, 0.3) is 0 Å². The number of para-hydroxylation sites is 2. The zero-order valence-electron chi connectivity index (χ0n) is 13.8. The van der Waals surface area contributed by atoms with Gasteiger partial charge >= 0.3 is 0 Å². The Kier molecular flexibility index (Phi) is 3.80. The molecule has 4 rings (SSSR count). The maximum absolute atomic E-state index is 12.7. The fraction of sp³-hybridized carbons (Fsp3) is 0.263. The molecule has 2 heterocycles. The summed E-state index contributed by atoms with van der Waals surface area (Å²) in [6.07, 6.45) is 0.840. The summed E-state index contributed by atoms with van der Waals surface area (Å²) >= 11 is 0. The SMILES string of the molecule is C[C@@H]1Cc2ccccc2N1C(=O)COc1cccc2c1NC(=O)CO2. The molecule has 1 atom stereocenters. The van der Waals surface area contributed by atoms with Crippen LogP contribution in [0.5, 0.6) is 11.5 Å². The minimum absolute atomic E-state index is 0.0164. The van der Waals surface area contributed by atoms with Crippen molar-refractivity contribution in [3.63, 3.8) is 0 Å². The molecule has 0 aliphatic carbocycles. The van der Waals surface area contributed by atoms with Gasteiger partial charge < -0.3 is 19.7 Å². The minimum atomic E-state index is -0.239. The van der Waals surface area contributed by atoms with Gasteiger partial charge in [0.1, 0.15) is 17.2 Å². The van der Waals surface area contributed by atoms with E-state index in [0.717, 1.165) is 12.1 Å². The largest absolute Gasteiger partial charge is 0.481 e. The topological polar surface area (TPSA) is 67.9 Å². The second-order valence-corrected chi connectivity index (χ2v) is 6.20. The highest BCUT2D eigenvalue weighted by Gasteiger charge is 2.31. The second-order valence-electron chi connectivity index (χ2n) is 6.20. The number of ether oxygens (including phenoxy) is 2. The molecule has 0 aromatic heterocycles. The third-order valence-corrected chi connectivity index (χ3v) is 4.44. The highest BCUT2D eigenvalue weighted by atomic mass is 16.5. The quantitative estimate of drug-likeness (QED) is 0.933. The van der Waals surface area contributed by atoms with E-state index in [2.05, 4.69) is 5.32 Å². The van der Waals surface area contributed by atoms with Crippen molar-refractivity contribution in [1.82, 2.24) is 0 Å². The summed E-state index contributed by atoms with van der Waals surface area (Å²) in [5, 5.41) is 2.73. The van der Waals surface area contributed by atoms with E-state index in [9.17, 15) is 9.59 Å². The first-order valence-electron chi connectivity index (χ1n) is 8.22. The Morgan fingerprint density at radius 1 is 1.28 bits per heavy atom. The van der Waals surface area contributed by atoms with Crippen molar-refractivity contribution in [3.8, 4) is 11.5 Å². The average molecular weight is 338 g/mol. The van der Waals surface area contributed by atoms with Crippen molar-refractivity contribution in [2.45, 2.75) is 19.4 Å². The number of anilines is 2. The van der Waals surface area contributed by atoms with E-state index in [1.54, 1.807) is 23.1 Å². The van der Waals surface area contributed by atoms with E-state index in [0.29, 0.717) is 17.2 Å². The van der Waals surface area contributed by atoms with E-state index in [1.807, 2.05) is 31.2 Å². The molecule has 0 saturated carbocycles. The van der Waals surface area contributed by atoms with Crippen LogP contribution in [0.1, 0.15) is 12.5 Å². The van der Waals surface area contributed by atoms with Crippen molar-refractivity contribution in [1.29, 1.82) is 0 Å². The van der Waals surface area contributed by atoms with Crippen LogP contribution in [0.4, 0.5) is 11.4 Å². The van der Waals surface area contributed by atoms with Crippen molar-refractivity contribution < 1.29 is 19.1 Å². The average Bonchev–Trinajstić information content (AvgIpc) is 2.95. The Morgan fingerprint density at radius 2 is 2.12 bits per heavy atom. The van der Waals surface area contributed by atoms with Crippen molar-refractivity contribution >= 4 is 23.2 Å². The zero-order chi connectivity index (χ0) is 17.4. The molecule has 128 valence electrons. The molecule has 2 aliphatic heterocycles. The predicted octanol–water partition coefficient (Wildman–Crippen LogP) is 2.37. The summed E-state index contributed by atoms with van der Waals surface area (Å²) in [7, 11) is 0. The molecular formula is C19H18N2O4. The number of amides is 2. The van der Waals surface area contributed by atoms with Gasteiger partial charge in [-0.1, -0.05) is 24.3 Å². The van der Waals surface area contributed by atoms with Gasteiger partial charge in [-0.3, -0.25) is 9.59 Å². The van der Waals surface area contributed by atoms with Gasteiger partial charge in [-0.25, -0.2) is 0 Å². The molecule has 6 nitrogen and oxygen atoms in total. The minimum Gasteiger partial charge on any atom is -0.481 e. The number of carbonyl (C=O) groups is 2. The van der Waals surface area contributed by atoms with Gasteiger partial charge in [0.25, 0.3) is 11.8 Å². The molecule has 0 fully saturated rings. The second kappa shape index (κ2) is 6.12. The number of carbonyl (C=O) groups excluding carboxylic acids is 2. The van der Waals surface area contributed by atoms with Crippen LogP contribution in [0, 0.1) is 0 Å². The third kappa shape index (κ3) is 2.80. The van der Waals surface area contributed by atoms with E-state index in [-0.39, 0.29) is 31.1 Å². The van der Waals surface area contributed by atoms with Gasteiger partial charge in [-0.2, -0.15) is 0 Å². The lowest BCUT2D eigenvalue weighted by atomic mass is 10.1. The molecule has 2 aromatic rings. The molecule has 0 bridgehead atoms. The molecule has 6 heteroatoms. The van der Waals surface area contributed by atoms with Crippen LogP contribution in [-0.4, -0.2) is 31.1 Å². The Labute approximate surface area is 145 Å². The number of benzene rings is 2. The van der Waals surface area contributed by atoms with Gasteiger partial charge in [-0.15, -0.1) is 0 Å². The number of nitrogens with zero attached hydrogens (tertiary/aromatic N) is 1. The smallest absolute Gasteiger partial charge is 0.265 e. The molecule has 0 radical (unpaired) electrons. The summed E-state index contributed by atoms with van der Waals surface area (Å²) in [5.41, 5.74) is 2.58. The van der Waals surface area contributed by atoms with Gasteiger partial charge in [0.2, 0.25) is 0 Å². The number of fused-ring (bicyclic) bond motifs is 2. The molecule has 2 aromatic carbocycles. The Morgan fingerprint density at radius 3 is 3.00 bits per heavy atom. The molecular weight excluding hydrogens is 320 g/mol. The van der Waals surface area contributed by atoms with Crippen molar-refractivity contribution in [3.05, 3.63) is 48.0 Å². The molecule has 0 spiro atoms. The highest BCUT2D eigenvalue weighted by molar-refractivity contribution is 5.98. The predicted molar refractivity (Wildman–Crippen MR) is 93.2 cm³/mol. The number of rotatable bonds is 3. The third-order valence-electron chi connectivity index (χ3n) is 4.44. The van der Waals surface area contributed by atoms with Crippen LogP contribution >= 0.6 is 0 Å². The maximum Gasteiger partial charge on any atom is 0.265 e. The van der Waals surface area contributed by atoms with Crippen molar-refractivity contribution in [2.75, 3.05) is 23.4 Å². The lowest BCUT2D eigenvalue weighted by Crippen LogP contribution is -2.39. The first-order valence-corrected chi connectivity index (χ1v) is 8.22. The monoisotopic (exact) mass is 338 g/mol. The van der Waals surface area contributed by atoms with E-state index in [1.165, 1.54) is 5.56 Å². The van der Waals surface area contributed by atoms with E-state index < -0.39 is 0 Å². The van der Waals surface area contributed by atoms with Crippen LogP contribution in [-0.2, 0) is 16.0 Å². The molecule has 0 saturated heterocycles. The van der Waals surface area contributed by atoms with Crippen LogP contribution in [0.15, 0.2) is 42.5 Å². The summed E-state index contributed by atoms with van der Waals surface area (Å²) < 4.78 is 11.1. The first kappa shape index (κ1) is 15.5. The molecule has 2 amide bonds. The fourth-order valence-electron chi connectivity index (χ4n) is 3.35. The zero-order valence-corrected chi connectivity index (χ0v) is 13.8. The highest BCUT2D eigenvalue weighted by Crippen LogP contribution is 2.37. The van der Waals surface area contributed by atoms with Crippen LogP contribution < -0.4 is 19.7 Å². The Hall–Kier alpha value is -3.02. The van der Waals surface area contributed by atoms with Gasteiger partial charge in [0, 0.05) is 11.7 Å². The maximum atomic E-state index is 12.7.